The van der Waals surface area contributed by atoms with Crippen LogP contribution >= 0.6 is 0 Å². The predicted octanol–water partition coefficient (Wildman–Crippen LogP) is 2.66. The Hall–Kier alpha value is -3.00. The summed E-state index contributed by atoms with van der Waals surface area (Å²) in [5.41, 5.74) is 6.50. The number of imide groups is 1. The Morgan fingerprint density at radius 3 is 2.26 bits per heavy atom. The number of hydrogen-bond donors (Lipinski definition) is 1. The van der Waals surface area contributed by atoms with Crippen molar-refractivity contribution in [3.8, 4) is 0 Å². The fourth-order valence-corrected chi connectivity index (χ4v) is 3.74. The maximum absolute atomic E-state index is 13.0. The van der Waals surface area contributed by atoms with E-state index in [1.807, 2.05) is 20.8 Å². The highest BCUT2D eigenvalue weighted by Gasteiger charge is 2.35. The van der Waals surface area contributed by atoms with Crippen LogP contribution in [0.15, 0.2) is 24.3 Å². The van der Waals surface area contributed by atoms with E-state index in [0.29, 0.717) is 22.0 Å². The zero-order valence-corrected chi connectivity index (χ0v) is 15.6. The number of anilines is 1. The van der Waals surface area contributed by atoms with Gasteiger partial charge in [0.15, 0.2) is 0 Å². The Morgan fingerprint density at radius 1 is 1.11 bits per heavy atom. The smallest absolute Gasteiger partial charge is 0.270 e. The quantitative estimate of drug-likeness (QED) is 0.362. The van der Waals surface area contributed by atoms with E-state index in [-0.39, 0.29) is 23.8 Å². The number of carbonyl (C=O) groups excluding carboxylic acids is 2. The molecule has 0 aliphatic carbocycles. The topological polar surface area (TPSA) is 110 Å². The standard InChI is InChI=1S/C19H22N4O4/c1-4-21(5-2)11(3)10-22-18(24)15-8-13(20)6-12-7-14(23(26)27)9-16(17(12)15)19(22)25/h6-9,11H,4-5,10,20H2,1-3H3. The van der Waals surface area contributed by atoms with E-state index in [1.54, 1.807) is 6.07 Å². The van der Waals surface area contributed by atoms with E-state index < -0.39 is 16.7 Å². The lowest BCUT2D eigenvalue weighted by molar-refractivity contribution is -0.384. The van der Waals surface area contributed by atoms with Gasteiger partial charge in [0.1, 0.15) is 0 Å². The molecule has 0 bridgehead atoms. The Kier molecular flexibility index (Phi) is 4.84. The van der Waals surface area contributed by atoms with Crippen molar-refractivity contribution in [2.24, 2.45) is 0 Å². The van der Waals surface area contributed by atoms with Gasteiger partial charge in [0, 0.05) is 35.8 Å². The molecule has 1 aliphatic rings. The molecule has 0 radical (unpaired) electrons. The van der Waals surface area contributed by atoms with Gasteiger partial charge in [-0.3, -0.25) is 29.5 Å². The lowest BCUT2D eigenvalue weighted by atomic mass is 9.92. The average Bonchev–Trinajstić information content (AvgIpc) is 2.63. The first kappa shape index (κ1) is 18.8. The van der Waals surface area contributed by atoms with Gasteiger partial charge in [0.25, 0.3) is 17.5 Å². The van der Waals surface area contributed by atoms with Crippen molar-refractivity contribution in [1.82, 2.24) is 9.80 Å². The summed E-state index contributed by atoms with van der Waals surface area (Å²) in [6.07, 6.45) is 0. The van der Waals surface area contributed by atoms with Gasteiger partial charge < -0.3 is 5.73 Å². The van der Waals surface area contributed by atoms with E-state index >= 15 is 0 Å². The molecule has 0 saturated carbocycles. The number of nitro benzene ring substituents is 1. The van der Waals surface area contributed by atoms with Crippen LogP contribution < -0.4 is 5.73 Å². The number of nitrogens with two attached hydrogens (primary N) is 1. The number of non-ortho nitro benzene ring substituents is 1. The van der Waals surface area contributed by atoms with Crippen LogP contribution in [-0.2, 0) is 0 Å². The third-order valence-corrected chi connectivity index (χ3v) is 5.10. The molecule has 0 aromatic heterocycles. The third-order valence-electron chi connectivity index (χ3n) is 5.10. The van der Waals surface area contributed by atoms with E-state index in [2.05, 4.69) is 4.90 Å². The molecule has 8 heteroatoms. The molecule has 1 atom stereocenters. The molecule has 3 rings (SSSR count). The number of carbonyl (C=O) groups is 2. The van der Waals surface area contributed by atoms with Gasteiger partial charge in [-0.15, -0.1) is 0 Å². The summed E-state index contributed by atoms with van der Waals surface area (Å²) in [5, 5.41) is 12.1. The number of hydrogen-bond acceptors (Lipinski definition) is 6. The molecule has 0 spiro atoms. The molecule has 1 unspecified atom stereocenters. The van der Waals surface area contributed by atoms with Crippen LogP contribution in [-0.4, -0.2) is 52.2 Å². The molecule has 8 nitrogen and oxygen atoms in total. The van der Waals surface area contributed by atoms with Crippen molar-refractivity contribution >= 4 is 34.0 Å². The van der Waals surface area contributed by atoms with Gasteiger partial charge in [0.05, 0.1) is 16.1 Å². The van der Waals surface area contributed by atoms with Crippen LogP contribution in [0.4, 0.5) is 11.4 Å². The Bertz CT molecular complexity index is 952. The summed E-state index contributed by atoms with van der Waals surface area (Å²) < 4.78 is 0. The Morgan fingerprint density at radius 2 is 1.70 bits per heavy atom. The minimum atomic E-state index is -0.550. The monoisotopic (exact) mass is 370 g/mol. The van der Waals surface area contributed by atoms with Gasteiger partial charge >= 0.3 is 0 Å². The SMILES string of the molecule is CCN(CC)C(C)CN1C(=O)c2cc(N)cc3cc([N+](=O)[O-])cc(c23)C1=O. The zero-order valence-electron chi connectivity index (χ0n) is 15.6. The summed E-state index contributed by atoms with van der Waals surface area (Å²) in [6, 6.07) is 5.62. The Labute approximate surface area is 156 Å². The number of rotatable bonds is 6. The van der Waals surface area contributed by atoms with Crippen LogP contribution in [0.2, 0.25) is 0 Å². The van der Waals surface area contributed by atoms with Gasteiger partial charge in [-0.05, 0) is 37.5 Å². The lowest BCUT2D eigenvalue weighted by Crippen LogP contribution is -2.48. The normalized spacial score (nSPS) is 14.9. The van der Waals surface area contributed by atoms with Crippen molar-refractivity contribution in [2.75, 3.05) is 25.4 Å². The number of nitro groups is 1. The summed E-state index contributed by atoms with van der Waals surface area (Å²) in [5.74, 6) is -0.928. The summed E-state index contributed by atoms with van der Waals surface area (Å²) in [6.45, 7) is 7.76. The summed E-state index contributed by atoms with van der Waals surface area (Å²) in [4.78, 5) is 40.1. The van der Waals surface area contributed by atoms with Crippen LogP contribution in [0.5, 0.6) is 0 Å². The first-order valence-corrected chi connectivity index (χ1v) is 8.90. The van der Waals surface area contributed by atoms with Crippen molar-refractivity contribution < 1.29 is 14.5 Å². The molecule has 2 N–H and O–H groups in total. The molecule has 2 aromatic carbocycles. The van der Waals surface area contributed by atoms with Gasteiger partial charge in [-0.2, -0.15) is 0 Å². The van der Waals surface area contributed by atoms with Crippen LogP contribution in [0.3, 0.4) is 0 Å². The van der Waals surface area contributed by atoms with Crippen LogP contribution in [0.25, 0.3) is 10.8 Å². The second-order valence-corrected chi connectivity index (χ2v) is 6.71. The van der Waals surface area contributed by atoms with E-state index in [9.17, 15) is 19.7 Å². The minimum Gasteiger partial charge on any atom is -0.399 e. The molecule has 2 aromatic rings. The molecule has 1 aliphatic heterocycles. The second kappa shape index (κ2) is 6.96. The average molecular weight is 370 g/mol. The lowest BCUT2D eigenvalue weighted by Gasteiger charge is -2.33. The van der Waals surface area contributed by atoms with Gasteiger partial charge in [-0.1, -0.05) is 13.8 Å². The Balaban J connectivity index is 2.14. The second-order valence-electron chi connectivity index (χ2n) is 6.71. The predicted molar refractivity (Wildman–Crippen MR) is 103 cm³/mol. The maximum Gasteiger partial charge on any atom is 0.270 e. The molecule has 142 valence electrons. The van der Waals surface area contributed by atoms with Crippen molar-refractivity contribution in [3.63, 3.8) is 0 Å². The van der Waals surface area contributed by atoms with E-state index in [1.165, 1.54) is 23.1 Å². The van der Waals surface area contributed by atoms with Crippen LogP contribution in [0, 0.1) is 10.1 Å². The maximum atomic E-state index is 13.0. The summed E-state index contributed by atoms with van der Waals surface area (Å²) >= 11 is 0. The highest BCUT2D eigenvalue weighted by molar-refractivity contribution is 6.26. The van der Waals surface area contributed by atoms with E-state index in [4.69, 9.17) is 5.73 Å². The van der Waals surface area contributed by atoms with Crippen LogP contribution in [0.1, 0.15) is 41.5 Å². The first-order valence-electron chi connectivity index (χ1n) is 8.90. The van der Waals surface area contributed by atoms with Gasteiger partial charge in [0.2, 0.25) is 0 Å². The summed E-state index contributed by atoms with van der Waals surface area (Å²) in [7, 11) is 0. The number of nitrogens with zero attached hydrogens (tertiary/aromatic N) is 3. The molecular formula is C19H22N4O4. The van der Waals surface area contributed by atoms with Crippen molar-refractivity contribution in [2.45, 2.75) is 26.8 Å². The number of likely N-dealkylation sites (N-methyl/N-ethyl adjacent to an activating group) is 1. The third kappa shape index (κ3) is 3.12. The van der Waals surface area contributed by atoms with Gasteiger partial charge in [-0.25, -0.2) is 0 Å². The molecular weight excluding hydrogens is 348 g/mol. The minimum absolute atomic E-state index is 0.0373. The van der Waals surface area contributed by atoms with Crippen molar-refractivity contribution in [3.05, 3.63) is 45.5 Å². The first-order chi connectivity index (χ1) is 12.8. The van der Waals surface area contributed by atoms with E-state index in [0.717, 1.165) is 13.1 Å². The molecule has 1 heterocycles. The fraction of sp³-hybridized carbons (Fsp3) is 0.368. The molecule has 0 fully saturated rings. The molecule has 27 heavy (non-hydrogen) atoms. The fourth-order valence-electron chi connectivity index (χ4n) is 3.74. The largest absolute Gasteiger partial charge is 0.399 e. The van der Waals surface area contributed by atoms with Crippen molar-refractivity contribution in [1.29, 1.82) is 0 Å². The highest BCUT2D eigenvalue weighted by Crippen LogP contribution is 2.35. The zero-order chi connectivity index (χ0) is 19.9. The molecule has 0 saturated heterocycles. The number of benzene rings is 2. The number of amides is 2. The molecule has 2 amide bonds. The number of nitrogen functional groups attached to an aromatic ring is 1. The highest BCUT2D eigenvalue weighted by atomic mass is 16.6.